The van der Waals surface area contributed by atoms with Crippen molar-refractivity contribution in [2.24, 2.45) is 11.8 Å². The summed E-state index contributed by atoms with van der Waals surface area (Å²) in [6, 6.07) is 0. The number of sulfonamides is 1. The van der Waals surface area contributed by atoms with E-state index in [0.717, 1.165) is 0 Å². The summed E-state index contributed by atoms with van der Waals surface area (Å²) >= 11 is 0. The highest BCUT2D eigenvalue weighted by atomic mass is 32.2. The Labute approximate surface area is 111 Å². The maximum atomic E-state index is 12.5. The van der Waals surface area contributed by atoms with E-state index in [0.29, 0.717) is 5.69 Å². The topological polar surface area (TPSA) is 101 Å². The zero-order chi connectivity index (χ0) is 14.4. The van der Waals surface area contributed by atoms with E-state index in [-0.39, 0.29) is 29.7 Å². The summed E-state index contributed by atoms with van der Waals surface area (Å²) in [5, 5.41) is 12.7. The van der Waals surface area contributed by atoms with Gasteiger partial charge in [0.15, 0.2) is 5.76 Å². The largest absolute Gasteiger partial charge is 0.481 e. The third kappa shape index (κ3) is 2.25. The number of carboxylic acids is 1. The van der Waals surface area contributed by atoms with Crippen molar-refractivity contribution in [2.45, 2.75) is 25.7 Å². The van der Waals surface area contributed by atoms with Crippen LogP contribution in [0.25, 0.3) is 0 Å². The predicted octanol–water partition coefficient (Wildman–Crippen LogP) is 0.633. The van der Waals surface area contributed by atoms with E-state index in [1.54, 1.807) is 13.8 Å². The summed E-state index contributed by atoms with van der Waals surface area (Å²) in [6.07, 6.45) is 0. The third-order valence-corrected chi connectivity index (χ3v) is 5.54. The lowest BCUT2D eigenvalue weighted by molar-refractivity contribution is -0.142. The Bertz CT molecular complexity index is 587. The van der Waals surface area contributed by atoms with Crippen molar-refractivity contribution in [3.05, 3.63) is 11.5 Å². The normalized spacial score (nSPS) is 24.8. The summed E-state index contributed by atoms with van der Waals surface area (Å²) in [5.41, 5.74) is 0.295. The SMILES string of the molecule is Cc1noc(C)c1S(=O)(=O)N1CC(C)C(C(=O)O)C1. The molecule has 0 amide bonds. The molecule has 1 fully saturated rings. The quantitative estimate of drug-likeness (QED) is 0.875. The van der Waals surface area contributed by atoms with Gasteiger partial charge in [-0.3, -0.25) is 4.79 Å². The number of hydrogen-bond acceptors (Lipinski definition) is 5. The van der Waals surface area contributed by atoms with Crippen LogP contribution in [0.4, 0.5) is 0 Å². The van der Waals surface area contributed by atoms with Crippen LogP contribution >= 0.6 is 0 Å². The van der Waals surface area contributed by atoms with Gasteiger partial charge >= 0.3 is 5.97 Å². The first-order valence-corrected chi connectivity index (χ1v) is 7.35. The van der Waals surface area contributed by atoms with Crippen molar-refractivity contribution in [2.75, 3.05) is 13.1 Å². The van der Waals surface area contributed by atoms with E-state index in [2.05, 4.69) is 5.16 Å². The molecule has 2 rings (SSSR count). The van der Waals surface area contributed by atoms with Gasteiger partial charge in [0.05, 0.1) is 5.92 Å². The molecule has 1 N–H and O–H groups in total. The fourth-order valence-corrected chi connectivity index (χ4v) is 4.27. The second kappa shape index (κ2) is 4.61. The molecule has 2 heterocycles. The number of nitrogens with zero attached hydrogens (tertiary/aromatic N) is 2. The van der Waals surface area contributed by atoms with E-state index < -0.39 is 21.9 Å². The number of rotatable bonds is 3. The lowest BCUT2D eigenvalue weighted by Gasteiger charge is -2.15. The molecular weight excluding hydrogens is 272 g/mol. The van der Waals surface area contributed by atoms with Gasteiger partial charge in [-0.15, -0.1) is 0 Å². The minimum Gasteiger partial charge on any atom is -0.481 e. The van der Waals surface area contributed by atoms with Crippen LogP contribution in [0.5, 0.6) is 0 Å². The van der Waals surface area contributed by atoms with E-state index in [9.17, 15) is 13.2 Å². The van der Waals surface area contributed by atoms with Gasteiger partial charge in [-0.25, -0.2) is 8.42 Å². The first kappa shape index (κ1) is 14.0. The Morgan fingerprint density at radius 1 is 1.42 bits per heavy atom. The third-order valence-electron chi connectivity index (χ3n) is 3.46. The van der Waals surface area contributed by atoms with Crippen molar-refractivity contribution in [1.82, 2.24) is 9.46 Å². The van der Waals surface area contributed by atoms with Gasteiger partial charge in [-0.2, -0.15) is 4.31 Å². The fourth-order valence-electron chi connectivity index (χ4n) is 2.41. The molecule has 1 aromatic rings. The summed E-state index contributed by atoms with van der Waals surface area (Å²) in [6.45, 7) is 5.01. The first-order valence-electron chi connectivity index (χ1n) is 5.91. The number of hydrogen-bond donors (Lipinski definition) is 1. The Hall–Kier alpha value is -1.41. The van der Waals surface area contributed by atoms with Crippen molar-refractivity contribution >= 4 is 16.0 Å². The second-order valence-corrected chi connectivity index (χ2v) is 6.77. The average molecular weight is 288 g/mol. The minimum atomic E-state index is -3.74. The van der Waals surface area contributed by atoms with Crippen LogP contribution in [-0.4, -0.2) is 42.0 Å². The van der Waals surface area contributed by atoms with Gasteiger partial charge in [0.25, 0.3) is 0 Å². The summed E-state index contributed by atoms with van der Waals surface area (Å²) in [7, 11) is -3.74. The lowest BCUT2D eigenvalue weighted by Crippen LogP contribution is -2.30. The van der Waals surface area contributed by atoms with Crippen LogP contribution in [0.15, 0.2) is 9.42 Å². The maximum absolute atomic E-state index is 12.5. The van der Waals surface area contributed by atoms with Crippen molar-refractivity contribution < 1.29 is 22.8 Å². The standard InChI is InChI=1S/C11H16N2O5S/c1-6-4-13(5-9(6)11(14)15)19(16,17)10-7(2)12-18-8(10)3/h6,9H,4-5H2,1-3H3,(H,14,15). The van der Waals surface area contributed by atoms with Gasteiger partial charge in [0, 0.05) is 13.1 Å². The molecule has 8 heteroatoms. The zero-order valence-corrected chi connectivity index (χ0v) is 11.8. The Balaban J connectivity index is 2.35. The summed E-state index contributed by atoms with van der Waals surface area (Å²) in [5.74, 6) is -1.63. The van der Waals surface area contributed by atoms with Crippen LogP contribution in [0.3, 0.4) is 0 Å². The molecule has 0 spiro atoms. The highest BCUT2D eigenvalue weighted by Crippen LogP contribution is 2.31. The number of carboxylic acid groups (broad SMARTS) is 1. The zero-order valence-electron chi connectivity index (χ0n) is 11.0. The molecule has 1 aliphatic rings. The van der Waals surface area contributed by atoms with Gasteiger partial charge in [-0.05, 0) is 19.8 Å². The molecule has 0 radical (unpaired) electrons. The van der Waals surface area contributed by atoms with Crippen LogP contribution < -0.4 is 0 Å². The van der Waals surface area contributed by atoms with Gasteiger partial charge in [0.1, 0.15) is 10.6 Å². The molecule has 2 unspecified atom stereocenters. The van der Waals surface area contributed by atoms with E-state index >= 15 is 0 Å². The second-order valence-electron chi connectivity index (χ2n) is 4.90. The Morgan fingerprint density at radius 2 is 2.05 bits per heavy atom. The Kier molecular flexibility index (Phi) is 3.40. The first-order chi connectivity index (χ1) is 8.75. The van der Waals surface area contributed by atoms with E-state index in [4.69, 9.17) is 9.63 Å². The van der Waals surface area contributed by atoms with Crippen LogP contribution in [0, 0.1) is 25.7 Å². The van der Waals surface area contributed by atoms with Crippen LogP contribution in [-0.2, 0) is 14.8 Å². The van der Waals surface area contributed by atoms with Crippen molar-refractivity contribution in [3.8, 4) is 0 Å². The molecule has 1 aromatic heterocycles. The predicted molar refractivity (Wildman–Crippen MR) is 65.0 cm³/mol. The molecule has 0 saturated carbocycles. The molecule has 0 aliphatic carbocycles. The molecule has 2 atom stereocenters. The molecule has 0 aromatic carbocycles. The molecule has 1 aliphatic heterocycles. The van der Waals surface area contributed by atoms with Crippen LogP contribution in [0.2, 0.25) is 0 Å². The molecule has 19 heavy (non-hydrogen) atoms. The molecule has 106 valence electrons. The molecular formula is C11H16N2O5S. The minimum absolute atomic E-state index is 0.0110. The molecule has 0 bridgehead atoms. The summed E-state index contributed by atoms with van der Waals surface area (Å²) < 4.78 is 31.0. The van der Waals surface area contributed by atoms with E-state index in [1.165, 1.54) is 11.2 Å². The number of aryl methyl sites for hydroxylation is 2. The Morgan fingerprint density at radius 3 is 2.47 bits per heavy atom. The monoisotopic (exact) mass is 288 g/mol. The number of aliphatic carboxylic acids is 1. The number of carbonyl (C=O) groups is 1. The van der Waals surface area contributed by atoms with Crippen molar-refractivity contribution in [1.29, 1.82) is 0 Å². The van der Waals surface area contributed by atoms with Crippen LogP contribution in [0.1, 0.15) is 18.4 Å². The van der Waals surface area contributed by atoms with Crippen molar-refractivity contribution in [3.63, 3.8) is 0 Å². The lowest BCUT2D eigenvalue weighted by atomic mass is 9.99. The van der Waals surface area contributed by atoms with Gasteiger partial charge in [0.2, 0.25) is 10.0 Å². The summed E-state index contributed by atoms with van der Waals surface area (Å²) in [4.78, 5) is 11.1. The smallest absolute Gasteiger partial charge is 0.308 e. The molecule has 1 saturated heterocycles. The fraction of sp³-hybridized carbons (Fsp3) is 0.636. The van der Waals surface area contributed by atoms with E-state index in [1.807, 2.05) is 0 Å². The maximum Gasteiger partial charge on any atom is 0.308 e. The van der Waals surface area contributed by atoms with Gasteiger partial charge in [-0.1, -0.05) is 12.1 Å². The average Bonchev–Trinajstić information content (AvgIpc) is 2.83. The highest BCUT2D eigenvalue weighted by Gasteiger charge is 2.42. The highest BCUT2D eigenvalue weighted by molar-refractivity contribution is 7.89. The number of aromatic nitrogens is 1. The molecule has 7 nitrogen and oxygen atoms in total. The van der Waals surface area contributed by atoms with Gasteiger partial charge < -0.3 is 9.63 Å².